The highest BCUT2D eigenvalue weighted by molar-refractivity contribution is 14.0. The molecule has 148 valence electrons. The Labute approximate surface area is 181 Å². The molecule has 0 fully saturated rings. The minimum atomic E-state index is -0.396. The summed E-state index contributed by atoms with van der Waals surface area (Å²) in [7, 11) is 4.72. The number of benzene rings is 2. The number of aliphatic imine (C=N–C) groups is 1. The first-order chi connectivity index (χ1) is 12.5. The largest absolute Gasteiger partial charge is 0.496 e. The topological polar surface area (TPSA) is 54.9 Å². The van der Waals surface area contributed by atoms with E-state index < -0.39 is 5.82 Å². The van der Waals surface area contributed by atoms with Crippen LogP contribution >= 0.6 is 35.6 Å². The maximum Gasteiger partial charge on any atom is 0.191 e. The monoisotopic (exact) mass is 507 g/mol. The molecule has 1 atom stereocenters. The predicted molar refractivity (Wildman–Crippen MR) is 118 cm³/mol. The molecule has 0 bridgehead atoms. The maximum atomic E-state index is 13.9. The molecule has 0 saturated carbocycles. The molecular weight excluding hydrogens is 484 g/mol. The average molecular weight is 508 g/mol. The van der Waals surface area contributed by atoms with E-state index in [2.05, 4.69) is 15.6 Å². The molecule has 0 spiro atoms. The van der Waals surface area contributed by atoms with Crippen molar-refractivity contribution in [1.82, 2.24) is 10.6 Å². The van der Waals surface area contributed by atoms with Crippen LogP contribution in [-0.2, 0) is 6.54 Å². The second-order valence-corrected chi connectivity index (χ2v) is 6.08. The van der Waals surface area contributed by atoms with Crippen LogP contribution in [0.3, 0.4) is 0 Å². The molecule has 2 aromatic carbocycles. The second kappa shape index (κ2) is 11.2. The Morgan fingerprint density at radius 1 is 1.15 bits per heavy atom. The van der Waals surface area contributed by atoms with Gasteiger partial charge in [-0.1, -0.05) is 23.7 Å². The maximum absolute atomic E-state index is 13.9. The van der Waals surface area contributed by atoms with Crippen LogP contribution in [0.4, 0.5) is 4.39 Å². The summed E-state index contributed by atoms with van der Waals surface area (Å²) < 4.78 is 24.2. The highest BCUT2D eigenvalue weighted by Crippen LogP contribution is 2.23. The standard InChI is InChI=1S/C19H23ClFN3O2.HI/c1-12(13-6-8-17(25-3)16(21)9-13)24-19(22-2)23-11-14-5-7-15(20)10-18(14)26-4;/h5-10,12H,11H2,1-4H3,(H2,22,23,24);1H. The normalized spacial score (nSPS) is 12.0. The van der Waals surface area contributed by atoms with Crippen LogP contribution in [0, 0.1) is 5.82 Å². The smallest absolute Gasteiger partial charge is 0.191 e. The van der Waals surface area contributed by atoms with Crippen molar-refractivity contribution in [2.24, 2.45) is 4.99 Å². The number of hydrogen-bond acceptors (Lipinski definition) is 3. The highest BCUT2D eigenvalue weighted by Gasteiger charge is 2.12. The van der Waals surface area contributed by atoms with Crippen molar-refractivity contribution >= 4 is 41.5 Å². The fraction of sp³-hybridized carbons (Fsp3) is 0.316. The first-order valence-corrected chi connectivity index (χ1v) is 8.49. The fourth-order valence-electron chi connectivity index (χ4n) is 2.48. The van der Waals surface area contributed by atoms with Gasteiger partial charge >= 0.3 is 0 Å². The van der Waals surface area contributed by atoms with E-state index in [4.69, 9.17) is 21.1 Å². The van der Waals surface area contributed by atoms with Crippen molar-refractivity contribution in [1.29, 1.82) is 0 Å². The second-order valence-electron chi connectivity index (χ2n) is 5.64. The molecule has 0 radical (unpaired) electrons. The third-order valence-electron chi connectivity index (χ3n) is 3.95. The molecule has 0 saturated heterocycles. The van der Waals surface area contributed by atoms with E-state index in [0.717, 1.165) is 11.1 Å². The van der Waals surface area contributed by atoms with E-state index >= 15 is 0 Å². The lowest BCUT2D eigenvalue weighted by Gasteiger charge is -2.19. The highest BCUT2D eigenvalue weighted by atomic mass is 127. The van der Waals surface area contributed by atoms with Gasteiger partial charge in [0.2, 0.25) is 0 Å². The van der Waals surface area contributed by atoms with Crippen molar-refractivity contribution in [3.8, 4) is 11.5 Å². The quantitative estimate of drug-likeness (QED) is 0.342. The molecule has 2 aromatic rings. The van der Waals surface area contributed by atoms with Gasteiger partial charge in [-0.25, -0.2) is 4.39 Å². The van der Waals surface area contributed by atoms with Crippen LogP contribution in [0.15, 0.2) is 41.4 Å². The minimum absolute atomic E-state index is 0. The molecule has 0 amide bonds. The molecule has 0 aliphatic rings. The van der Waals surface area contributed by atoms with Crippen molar-refractivity contribution in [2.75, 3.05) is 21.3 Å². The zero-order chi connectivity index (χ0) is 19.1. The molecule has 2 rings (SSSR count). The van der Waals surface area contributed by atoms with Crippen molar-refractivity contribution < 1.29 is 13.9 Å². The van der Waals surface area contributed by atoms with E-state index in [1.54, 1.807) is 32.4 Å². The van der Waals surface area contributed by atoms with Crippen molar-refractivity contribution in [3.63, 3.8) is 0 Å². The summed E-state index contributed by atoms with van der Waals surface area (Å²) in [4.78, 5) is 4.21. The number of nitrogens with one attached hydrogen (secondary N) is 2. The van der Waals surface area contributed by atoms with Gasteiger partial charge in [0.25, 0.3) is 0 Å². The van der Waals surface area contributed by atoms with Crippen molar-refractivity contribution in [2.45, 2.75) is 19.5 Å². The zero-order valence-corrected chi connectivity index (χ0v) is 18.8. The number of ether oxygens (including phenoxy) is 2. The van der Waals surface area contributed by atoms with E-state index in [9.17, 15) is 4.39 Å². The SMILES string of the molecule is CN=C(NCc1ccc(Cl)cc1OC)NC(C)c1ccc(OC)c(F)c1.I. The van der Waals surface area contributed by atoms with Gasteiger partial charge in [-0.3, -0.25) is 4.99 Å². The van der Waals surface area contributed by atoms with Crippen LogP contribution in [0.2, 0.25) is 5.02 Å². The molecule has 2 N–H and O–H groups in total. The lowest BCUT2D eigenvalue weighted by atomic mass is 10.1. The molecule has 27 heavy (non-hydrogen) atoms. The molecule has 0 aromatic heterocycles. The Balaban J connectivity index is 0.00000364. The van der Waals surface area contributed by atoms with Gasteiger partial charge in [0.15, 0.2) is 17.5 Å². The van der Waals surface area contributed by atoms with E-state index in [0.29, 0.717) is 23.3 Å². The number of methoxy groups -OCH3 is 2. The summed E-state index contributed by atoms with van der Waals surface area (Å²) in [5.74, 6) is 1.11. The summed E-state index contributed by atoms with van der Waals surface area (Å²) in [6.07, 6.45) is 0. The van der Waals surface area contributed by atoms with Crippen LogP contribution in [0.5, 0.6) is 11.5 Å². The molecule has 0 aliphatic heterocycles. The summed E-state index contributed by atoms with van der Waals surface area (Å²) in [5.41, 5.74) is 1.73. The van der Waals surface area contributed by atoms with Gasteiger partial charge in [-0.05, 0) is 36.8 Å². The molecule has 0 heterocycles. The van der Waals surface area contributed by atoms with Crippen LogP contribution < -0.4 is 20.1 Å². The Morgan fingerprint density at radius 2 is 1.85 bits per heavy atom. The molecule has 8 heteroatoms. The number of guanidine groups is 1. The summed E-state index contributed by atoms with van der Waals surface area (Å²) in [6.45, 7) is 2.43. The lowest BCUT2D eigenvalue weighted by molar-refractivity contribution is 0.386. The Hall–Kier alpha value is -1.74. The van der Waals surface area contributed by atoms with Gasteiger partial charge in [0, 0.05) is 24.2 Å². The summed E-state index contributed by atoms with van der Waals surface area (Å²) in [6, 6.07) is 10.2. The molecule has 5 nitrogen and oxygen atoms in total. The Morgan fingerprint density at radius 3 is 2.44 bits per heavy atom. The van der Waals surface area contributed by atoms with Gasteiger partial charge in [0.05, 0.1) is 20.3 Å². The third-order valence-corrected chi connectivity index (χ3v) is 4.18. The van der Waals surface area contributed by atoms with E-state index in [1.807, 2.05) is 19.1 Å². The lowest BCUT2D eigenvalue weighted by Crippen LogP contribution is -2.38. The number of rotatable bonds is 6. The molecule has 0 aliphatic carbocycles. The van der Waals surface area contributed by atoms with Gasteiger partial charge in [-0.15, -0.1) is 24.0 Å². The average Bonchev–Trinajstić information content (AvgIpc) is 2.65. The van der Waals surface area contributed by atoms with Crippen LogP contribution in [0.25, 0.3) is 0 Å². The fourth-order valence-corrected chi connectivity index (χ4v) is 2.64. The Bertz CT molecular complexity index is 790. The van der Waals surface area contributed by atoms with Crippen LogP contribution in [0.1, 0.15) is 24.1 Å². The van der Waals surface area contributed by atoms with Gasteiger partial charge in [-0.2, -0.15) is 0 Å². The Kier molecular flexibility index (Phi) is 9.65. The predicted octanol–water partition coefficient (Wildman–Crippen LogP) is 4.54. The first kappa shape index (κ1) is 23.3. The summed E-state index contributed by atoms with van der Waals surface area (Å²) in [5, 5.41) is 7.06. The first-order valence-electron chi connectivity index (χ1n) is 8.11. The van der Waals surface area contributed by atoms with Crippen LogP contribution in [-0.4, -0.2) is 27.2 Å². The third kappa shape index (κ3) is 6.42. The number of nitrogens with zero attached hydrogens (tertiary/aromatic N) is 1. The van der Waals surface area contributed by atoms with E-state index in [-0.39, 0.29) is 35.8 Å². The summed E-state index contributed by atoms with van der Waals surface area (Å²) >= 11 is 5.98. The molecular formula is C19H24ClFIN3O2. The van der Waals surface area contributed by atoms with E-state index in [1.165, 1.54) is 13.2 Å². The molecule has 1 unspecified atom stereocenters. The van der Waals surface area contributed by atoms with Gasteiger partial charge in [0.1, 0.15) is 5.75 Å². The van der Waals surface area contributed by atoms with Gasteiger partial charge < -0.3 is 20.1 Å². The minimum Gasteiger partial charge on any atom is -0.496 e. The number of halogens is 3. The van der Waals surface area contributed by atoms with Crippen molar-refractivity contribution in [3.05, 3.63) is 58.4 Å². The zero-order valence-electron chi connectivity index (χ0n) is 15.7. The number of hydrogen-bond donors (Lipinski definition) is 2.